The van der Waals surface area contributed by atoms with Gasteiger partial charge < -0.3 is 15.2 Å². The average molecular weight is 217 g/mol. The van der Waals surface area contributed by atoms with Gasteiger partial charge in [-0.05, 0) is 12.2 Å². The molecule has 1 unspecified atom stereocenters. The largest absolute Gasteiger partial charge is 0.468 e. The summed E-state index contributed by atoms with van der Waals surface area (Å²) in [5.41, 5.74) is -1.55. The smallest absolute Gasteiger partial charge is 0.315 e. The summed E-state index contributed by atoms with van der Waals surface area (Å²) in [6.07, 6.45) is 0.725. The van der Waals surface area contributed by atoms with Gasteiger partial charge in [-0.1, -0.05) is 0 Å². The van der Waals surface area contributed by atoms with Crippen molar-refractivity contribution in [2.24, 2.45) is 5.41 Å². The van der Waals surface area contributed by atoms with Crippen LogP contribution in [0.5, 0.6) is 0 Å². The van der Waals surface area contributed by atoms with Crippen molar-refractivity contribution in [2.75, 3.05) is 31.7 Å². The van der Waals surface area contributed by atoms with E-state index in [0.717, 1.165) is 12.2 Å². The third-order valence-electron chi connectivity index (χ3n) is 3.32. The minimum Gasteiger partial charge on any atom is -0.468 e. The van der Waals surface area contributed by atoms with Gasteiger partial charge in [0.1, 0.15) is 11.0 Å². The summed E-state index contributed by atoms with van der Waals surface area (Å²) in [6, 6.07) is 0. The van der Waals surface area contributed by atoms with Gasteiger partial charge in [-0.25, -0.2) is 0 Å². The molecule has 2 saturated heterocycles. The van der Waals surface area contributed by atoms with Crippen molar-refractivity contribution in [3.05, 3.63) is 0 Å². The van der Waals surface area contributed by atoms with Crippen molar-refractivity contribution in [1.82, 2.24) is 5.32 Å². The molecule has 2 rings (SSSR count). The van der Waals surface area contributed by atoms with Gasteiger partial charge in [0.05, 0.1) is 7.11 Å². The van der Waals surface area contributed by atoms with Gasteiger partial charge in [0, 0.05) is 18.8 Å². The number of carbonyl (C=O) groups excluding carboxylic acids is 1. The molecule has 0 aromatic heterocycles. The van der Waals surface area contributed by atoms with Crippen molar-refractivity contribution in [3.8, 4) is 0 Å². The first kappa shape index (κ1) is 10.3. The lowest BCUT2D eigenvalue weighted by molar-refractivity contribution is -0.176. The van der Waals surface area contributed by atoms with E-state index >= 15 is 0 Å². The molecule has 0 spiro atoms. The number of nitrogens with one attached hydrogen (secondary N) is 1. The molecule has 14 heavy (non-hydrogen) atoms. The normalized spacial score (nSPS) is 35.0. The summed E-state index contributed by atoms with van der Waals surface area (Å²) < 4.78 is 4.82. The first-order valence-corrected chi connectivity index (χ1v) is 5.89. The van der Waals surface area contributed by atoms with Crippen LogP contribution >= 0.6 is 11.8 Å². The van der Waals surface area contributed by atoms with Crippen molar-refractivity contribution in [3.63, 3.8) is 0 Å². The molecule has 4 nitrogen and oxygen atoms in total. The zero-order valence-corrected chi connectivity index (χ0v) is 9.02. The highest BCUT2D eigenvalue weighted by Gasteiger charge is 2.60. The highest BCUT2D eigenvalue weighted by atomic mass is 32.2. The van der Waals surface area contributed by atoms with E-state index in [9.17, 15) is 9.90 Å². The molecule has 0 amide bonds. The fourth-order valence-electron chi connectivity index (χ4n) is 2.18. The Hall–Kier alpha value is -0.260. The molecule has 0 aliphatic carbocycles. The molecule has 80 valence electrons. The van der Waals surface area contributed by atoms with E-state index in [1.165, 1.54) is 7.11 Å². The van der Waals surface area contributed by atoms with Crippen molar-refractivity contribution >= 4 is 17.7 Å². The Labute approximate surface area is 87.4 Å². The second kappa shape index (κ2) is 3.40. The van der Waals surface area contributed by atoms with Crippen LogP contribution in [0.2, 0.25) is 0 Å². The van der Waals surface area contributed by atoms with Crippen molar-refractivity contribution in [2.45, 2.75) is 12.0 Å². The molecular formula is C9H15NO3S. The number of rotatable bonds is 2. The molecular weight excluding hydrogens is 202 g/mol. The molecule has 2 N–H and O–H groups in total. The summed E-state index contributed by atoms with van der Waals surface area (Å²) in [5.74, 6) is 1.35. The highest BCUT2D eigenvalue weighted by Crippen LogP contribution is 2.47. The molecule has 0 aromatic carbocycles. The number of methoxy groups -OCH3 is 1. The third-order valence-corrected chi connectivity index (χ3v) is 4.51. The summed E-state index contributed by atoms with van der Waals surface area (Å²) in [4.78, 5) is 11.8. The first-order chi connectivity index (χ1) is 6.65. The predicted octanol–water partition coefficient (Wildman–Crippen LogP) is -0.383. The SMILES string of the molecule is COC(=O)C1(C2(O)CNC2)CCSC1. The summed E-state index contributed by atoms with van der Waals surface area (Å²) in [6.45, 7) is 1.01. The Bertz CT molecular complexity index is 246. The number of aliphatic hydroxyl groups is 1. The number of carbonyl (C=O) groups is 1. The number of hydrogen-bond acceptors (Lipinski definition) is 5. The van der Waals surface area contributed by atoms with Gasteiger partial charge in [-0.15, -0.1) is 0 Å². The van der Waals surface area contributed by atoms with Crippen LogP contribution in [0.25, 0.3) is 0 Å². The number of ether oxygens (including phenoxy) is 1. The van der Waals surface area contributed by atoms with Gasteiger partial charge >= 0.3 is 5.97 Å². The summed E-state index contributed by atoms with van der Waals surface area (Å²) in [5, 5.41) is 13.3. The van der Waals surface area contributed by atoms with E-state index in [-0.39, 0.29) is 5.97 Å². The van der Waals surface area contributed by atoms with Crippen LogP contribution < -0.4 is 5.32 Å². The quantitative estimate of drug-likeness (QED) is 0.617. The number of esters is 1. The summed E-state index contributed by atoms with van der Waals surface area (Å²) in [7, 11) is 1.39. The molecule has 0 bridgehead atoms. The average Bonchev–Trinajstić information content (AvgIpc) is 2.63. The van der Waals surface area contributed by atoms with E-state index in [4.69, 9.17) is 4.74 Å². The molecule has 1 atom stereocenters. The van der Waals surface area contributed by atoms with Crippen LogP contribution in [-0.2, 0) is 9.53 Å². The lowest BCUT2D eigenvalue weighted by Gasteiger charge is -2.48. The minimum absolute atomic E-state index is 0.258. The number of thioether (sulfide) groups is 1. The molecule has 2 aliphatic heterocycles. The van der Waals surface area contributed by atoms with Crippen LogP contribution in [0, 0.1) is 5.41 Å². The van der Waals surface area contributed by atoms with Crippen molar-refractivity contribution < 1.29 is 14.6 Å². The standard InChI is InChI=1S/C9H15NO3S/c1-13-7(11)8(2-3-14-6-8)9(12)4-10-5-9/h10,12H,2-6H2,1H3. The minimum atomic E-state index is -0.885. The number of β-amino-alcohol motifs (C(OH)–C–C–N with tert-alkyl or cyclic N) is 1. The molecule has 2 heterocycles. The lowest BCUT2D eigenvalue weighted by Crippen LogP contribution is -2.71. The Morgan fingerprint density at radius 2 is 2.29 bits per heavy atom. The van der Waals surface area contributed by atoms with Crippen LogP contribution in [0.4, 0.5) is 0 Å². The molecule has 2 fully saturated rings. The van der Waals surface area contributed by atoms with Crippen molar-refractivity contribution in [1.29, 1.82) is 0 Å². The van der Waals surface area contributed by atoms with Gasteiger partial charge in [-0.3, -0.25) is 4.79 Å². The third kappa shape index (κ3) is 1.19. The van der Waals surface area contributed by atoms with Gasteiger partial charge in [-0.2, -0.15) is 11.8 Å². The lowest BCUT2D eigenvalue weighted by atomic mass is 9.68. The Balaban J connectivity index is 2.25. The molecule has 0 aromatic rings. The van der Waals surface area contributed by atoms with Gasteiger partial charge in [0.15, 0.2) is 0 Å². The topological polar surface area (TPSA) is 58.6 Å². The number of hydrogen-bond donors (Lipinski definition) is 2. The molecule has 0 radical (unpaired) electrons. The second-order valence-corrected chi connectivity index (χ2v) is 5.12. The fraction of sp³-hybridized carbons (Fsp3) is 0.889. The van der Waals surface area contributed by atoms with Gasteiger partial charge in [0.2, 0.25) is 0 Å². The Morgan fingerprint density at radius 3 is 2.64 bits per heavy atom. The van der Waals surface area contributed by atoms with E-state index in [2.05, 4.69) is 5.32 Å². The zero-order valence-electron chi connectivity index (χ0n) is 8.21. The van der Waals surface area contributed by atoms with Crippen LogP contribution in [0.1, 0.15) is 6.42 Å². The zero-order chi connectivity index (χ0) is 10.2. The van der Waals surface area contributed by atoms with Crippen LogP contribution in [0.3, 0.4) is 0 Å². The van der Waals surface area contributed by atoms with Gasteiger partial charge in [0.25, 0.3) is 0 Å². The monoisotopic (exact) mass is 217 g/mol. The van der Waals surface area contributed by atoms with E-state index in [1.54, 1.807) is 11.8 Å². The maximum Gasteiger partial charge on any atom is 0.315 e. The molecule has 2 aliphatic rings. The molecule has 5 heteroatoms. The molecule has 0 saturated carbocycles. The van der Waals surface area contributed by atoms with E-state index < -0.39 is 11.0 Å². The first-order valence-electron chi connectivity index (χ1n) is 4.74. The maximum atomic E-state index is 11.8. The van der Waals surface area contributed by atoms with Crippen LogP contribution in [-0.4, -0.2) is 48.4 Å². The fourth-order valence-corrected chi connectivity index (χ4v) is 3.69. The Kier molecular flexibility index (Phi) is 2.49. The second-order valence-electron chi connectivity index (χ2n) is 4.01. The van der Waals surface area contributed by atoms with E-state index in [1.807, 2.05) is 0 Å². The summed E-state index contributed by atoms with van der Waals surface area (Å²) >= 11 is 1.71. The highest BCUT2D eigenvalue weighted by molar-refractivity contribution is 7.99. The predicted molar refractivity (Wildman–Crippen MR) is 54.2 cm³/mol. The van der Waals surface area contributed by atoms with E-state index in [0.29, 0.717) is 18.8 Å². The Morgan fingerprint density at radius 1 is 1.57 bits per heavy atom. The van der Waals surface area contributed by atoms with Crippen LogP contribution in [0.15, 0.2) is 0 Å². The maximum absolute atomic E-state index is 11.8.